The summed E-state index contributed by atoms with van der Waals surface area (Å²) in [5, 5.41) is 24.2. The molecule has 1 aliphatic carbocycles. The molecule has 3 aliphatic rings. The largest absolute Gasteiger partial charge is 0.493 e. The van der Waals surface area contributed by atoms with Gasteiger partial charge in [0.2, 0.25) is 12.5 Å². The number of esters is 1. The Kier molecular flexibility index (Phi) is 5.76. The fourth-order valence-corrected chi connectivity index (χ4v) is 5.98. The zero-order chi connectivity index (χ0) is 26.0. The second-order valence-corrected chi connectivity index (χ2v) is 10.1. The molecule has 5 rings (SSSR count). The van der Waals surface area contributed by atoms with E-state index in [9.17, 15) is 15.0 Å². The third kappa shape index (κ3) is 3.18. The molecule has 5 atom stereocenters. The van der Waals surface area contributed by atoms with E-state index in [1.165, 1.54) is 21.3 Å². The molecule has 0 bridgehead atoms. The summed E-state index contributed by atoms with van der Waals surface area (Å²) in [6, 6.07) is 7.11. The molecule has 1 fully saturated rings. The number of methoxy groups -OCH3 is 3. The number of benzene rings is 2. The predicted molar refractivity (Wildman–Crippen MR) is 128 cm³/mol. The van der Waals surface area contributed by atoms with Crippen LogP contribution in [0.4, 0.5) is 0 Å². The number of rotatable bonds is 6. The van der Waals surface area contributed by atoms with Crippen molar-refractivity contribution in [3.05, 3.63) is 41.0 Å². The fourth-order valence-electron chi connectivity index (χ4n) is 5.98. The number of carbonyl (C=O) groups is 1. The molecule has 1 saturated heterocycles. The summed E-state index contributed by atoms with van der Waals surface area (Å²) < 4.78 is 33.5. The van der Waals surface area contributed by atoms with Crippen LogP contribution in [0.25, 0.3) is 0 Å². The Morgan fingerprint density at radius 2 is 1.61 bits per heavy atom. The van der Waals surface area contributed by atoms with Gasteiger partial charge in [0.15, 0.2) is 23.0 Å². The average Bonchev–Trinajstić information content (AvgIpc) is 3.48. The normalized spacial score (nSPS) is 27.7. The molecule has 0 radical (unpaired) electrons. The van der Waals surface area contributed by atoms with Gasteiger partial charge in [0.1, 0.15) is 5.60 Å². The number of fused-ring (bicyclic) bond motifs is 3. The summed E-state index contributed by atoms with van der Waals surface area (Å²) in [7, 11) is 4.58. The molecule has 194 valence electrons. The van der Waals surface area contributed by atoms with Gasteiger partial charge >= 0.3 is 5.97 Å². The minimum atomic E-state index is -1.80. The third-order valence-electron chi connectivity index (χ3n) is 8.24. The van der Waals surface area contributed by atoms with Gasteiger partial charge in [0.05, 0.1) is 39.5 Å². The van der Waals surface area contributed by atoms with Crippen molar-refractivity contribution in [1.82, 2.24) is 0 Å². The van der Waals surface area contributed by atoms with Gasteiger partial charge in [-0.25, -0.2) is 0 Å². The van der Waals surface area contributed by atoms with Gasteiger partial charge in [-0.05, 0) is 53.8 Å². The highest BCUT2D eigenvalue weighted by Gasteiger charge is 2.65. The molecular weight excluding hydrogens is 468 g/mol. The van der Waals surface area contributed by atoms with E-state index >= 15 is 0 Å². The van der Waals surface area contributed by atoms with Crippen molar-refractivity contribution in [2.24, 2.45) is 17.8 Å². The molecule has 0 amide bonds. The molecule has 0 unspecified atom stereocenters. The molecule has 2 aromatic carbocycles. The van der Waals surface area contributed by atoms with E-state index < -0.39 is 34.9 Å². The van der Waals surface area contributed by atoms with E-state index in [0.717, 1.165) is 0 Å². The Hall–Kier alpha value is -3.17. The van der Waals surface area contributed by atoms with E-state index in [0.29, 0.717) is 45.4 Å². The molecule has 2 N–H and O–H groups in total. The van der Waals surface area contributed by atoms with Crippen molar-refractivity contribution in [3.8, 4) is 28.7 Å². The molecule has 36 heavy (non-hydrogen) atoms. The minimum Gasteiger partial charge on any atom is -0.493 e. The van der Waals surface area contributed by atoms with Gasteiger partial charge in [0.25, 0.3) is 0 Å². The van der Waals surface area contributed by atoms with Crippen molar-refractivity contribution in [2.75, 3.05) is 34.7 Å². The molecule has 0 saturated carbocycles. The Bertz CT molecular complexity index is 1180. The van der Waals surface area contributed by atoms with Crippen LogP contribution in [0.1, 0.15) is 43.4 Å². The second-order valence-electron chi connectivity index (χ2n) is 10.1. The van der Waals surface area contributed by atoms with Crippen LogP contribution in [0.5, 0.6) is 28.7 Å². The van der Waals surface area contributed by atoms with E-state index in [-0.39, 0.29) is 19.3 Å². The molecule has 2 heterocycles. The summed E-state index contributed by atoms with van der Waals surface area (Å²) in [4.78, 5) is 13.3. The van der Waals surface area contributed by atoms with E-state index in [2.05, 4.69) is 0 Å². The highest BCUT2D eigenvalue weighted by Crippen LogP contribution is 2.61. The maximum atomic E-state index is 13.3. The zero-order valence-electron chi connectivity index (χ0n) is 21.3. The highest BCUT2D eigenvalue weighted by molar-refractivity contribution is 5.79. The number of ether oxygens (including phenoxy) is 6. The quantitative estimate of drug-likeness (QED) is 0.578. The average molecular weight is 501 g/mol. The summed E-state index contributed by atoms with van der Waals surface area (Å²) in [6.07, 6.45) is 0. The number of hydrogen-bond acceptors (Lipinski definition) is 9. The Morgan fingerprint density at radius 3 is 2.17 bits per heavy atom. The Labute approximate surface area is 209 Å². The van der Waals surface area contributed by atoms with Crippen LogP contribution in [-0.4, -0.2) is 56.5 Å². The topological polar surface area (TPSA) is 113 Å². The number of cyclic esters (lactones) is 1. The molecular formula is C27H32O9. The highest BCUT2D eigenvalue weighted by atomic mass is 16.7. The number of carbonyl (C=O) groups excluding carboxylic acids is 1. The molecule has 2 aromatic rings. The first-order valence-corrected chi connectivity index (χ1v) is 11.9. The van der Waals surface area contributed by atoms with Gasteiger partial charge in [-0.1, -0.05) is 13.8 Å². The lowest BCUT2D eigenvalue weighted by atomic mass is 9.54. The summed E-state index contributed by atoms with van der Waals surface area (Å²) in [6.45, 7) is 5.29. The monoisotopic (exact) mass is 500 g/mol. The van der Waals surface area contributed by atoms with Crippen LogP contribution in [0.15, 0.2) is 24.3 Å². The summed E-state index contributed by atoms with van der Waals surface area (Å²) in [5.41, 5.74) is -1.57. The van der Waals surface area contributed by atoms with Crippen LogP contribution in [0, 0.1) is 17.8 Å². The number of aliphatic hydroxyl groups is 2. The lowest BCUT2D eigenvalue weighted by Crippen LogP contribution is -2.61. The lowest BCUT2D eigenvalue weighted by molar-refractivity contribution is -0.211. The lowest BCUT2D eigenvalue weighted by Gasteiger charge is -2.53. The smallest absolute Gasteiger partial charge is 0.310 e. The second kappa shape index (κ2) is 8.45. The summed E-state index contributed by atoms with van der Waals surface area (Å²) in [5.74, 6) is -0.562. The van der Waals surface area contributed by atoms with Crippen LogP contribution < -0.4 is 23.7 Å². The van der Waals surface area contributed by atoms with Crippen LogP contribution >= 0.6 is 0 Å². The molecule has 0 spiro atoms. The third-order valence-corrected chi connectivity index (χ3v) is 8.24. The molecule has 9 nitrogen and oxygen atoms in total. The zero-order valence-corrected chi connectivity index (χ0v) is 21.3. The molecule has 2 aliphatic heterocycles. The fraction of sp³-hybridized carbons (Fsp3) is 0.519. The van der Waals surface area contributed by atoms with Crippen LogP contribution in [0.3, 0.4) is 0 Å². The Balaban J connectivity index is 1.83. The van der Waals surface area contributed by atoms with Crippen molar-refractivity contribution >= 4 is 5.97 Å². The van der Waals surface area contributed by atoms with Gasteiger partial charge in [-0.15, -0.1) is 0 Å². The van der Waals surface area contributed by atoms with Crippen LogP contribution in [0.2, 0.25) is 0 Å². The van der Waals surface area contributed by atoms with Gasteiger partial charge < -0.3 is 38.6 Å². The van der Waals surface area contributed by atoms with E-state index in [1.807, 2.05) is 13.8 Å². The maximum Gasteiger partial charge on any atom is 0.310 e. The summed E-state index contributed by atoms with van der Waals surface area (Å²) >= 11 is 0. The molecule has 0 aromatic heterocycles. The minimum absolute atomic E-state index is 0.0301. The first kappa shape index (κ1) is 24.5. The SMILES string of the molecule is COc1cc([C@@H]2c3cc4c(cc3[C@](O)([C@@](C)(O)C(C)C)[C@H]3COC(=O)[C@H]23)OCO4)cc(OC)c1OC. The predicted octanol–water partition coefficient (Wildman–Crippen LogP) is 2.97. The van der Waals surface area contributed by atoms with Crippen molar-refractivity contribution in [3.63, 3.8) is 0 Å². The van der Waals surface area contributed by atoms with Gasteiger partial charge in [0, 0.05) is 11.8 Å². The van der Waals surface area contributed by atoms with Gasteiger partial charge in [-0.3, -0.25) is 4.79 Å². The first-order valence-electron chi connectivity index (χ1n) is 11.9. The van der Waals surface area contributed by atoms with E-state index in [1.54, 1.807) is 31.2 Å². The first-order chi connectivity index (χ1) is 17.1. The van der Waals surface area contributed by atoms with Crippen molar-refractivity contribution in [2.45, 2.75) is 37.9 Å². The van der Waals surface area contributed by atoms with Crippen molar-refractivity contribution < 1.29 is 43.4 Å². The standard InChI is InChI=1S/C27H32O9/c1-13(2)26(3,29)27(30)16-10-19-18(35-12-36-19)9-15(16)22(23-17(27)11-34-25(23)28)14-7-20(31-4)24(33-6)21(8-14)32-5/h7-10,13,17,22-23,29-30H,11-12H2,1-6H3/t17-,22+,23-,26-,27+/m0/s1. The van der Waals surface area contributed by atoms with Crippen LogP contribution in [-0.2, 0) is 15.1 Å². The maximum absolute atomic E-state index is 13.3. The Morgan fingerprint density at radius 1 is 1.00 bits per heavy atom. The molecule has 9 heteroatoms. The van der Waals surface area contributed by atoms with Crippen molar-refractivity contribution in [1.29, 1.82) is 0 Å². The van der Waals surface area contributed by atoms with E-state index in [4.69, 9.17) is 28.4 Å². The number of hydrogen-bond donors (Lipinski definition) is 2. The van der Waals surface area contributed by atoms with Gasteiger partial charge in [-0.2, -0.15) is 0 Å².